The number of carbonyl (C=O) groups is 1. The predicted molar refractivity (Wildman–Crippen MR) is 66.9 cm³/mol. The highest BCUT2D eigenvalue weighted by atomic mass is 16.4. The molecule has 2 rings (SSSR count). The lowest BCUT2D eigenvalue weighted by Gasteiger charge is -2.11. The Morgan fingerprint density at radius 2 is 2.06 bits per heavy atom. The molecule has 0 amide bonds. The Labute approximate surface area is 101 Å². The lowest BCUT2D eigenvalue weighted by atomic mass is 10.1. The second kappa shape index (κ2) is 4.72. The average Bonchev–Trinajstić information content (AvgIpc) is 2.67. The minimum Gasteiger partial charge on any atom is -0.478 e. The molecule has 1 heterocycles. The SMILES string of the molecule is CC(C)=CCN1Cc2ccc(C(=O)O)cc2C1. The van der Waals surface area contributed by atoms with Gasteiger partial charge in [-0.25, -0.2) is 4.79 Å². The summed E-state index contributed by atoms with van der Waals surface area (Å²) in [4.78, 5) is 13.2. The lowest BCUT2D eigenvalue weighted by Crippen LogP contribution is -2.16. The van der Waals surface area contributed by atoms with Gasteiger partial charge in [0.15, 0.2) is 0 Å². The quantitative estimate of drug-likeness (QED) is 0.813. The van der Waals surface area contributed by atoms with Gasteiger partial charge in [-0.05, 0) is 37.1 Å². The van der Waals surface area contributed by atoms with Crippen molar-refractivity contribution in [2.75, 3.05) is 6.54 Å². The second-order valence-corrected chi connectivity index (χ2v) is 4.74. The van der Waals surface area contributed by atoms with Crippen LogP contribution < -0.4 is 0 Å². The average molecular weight is 231 g/mol. The van der Waals surface area contributed by atoms with Crippen molar-refractivity contribution in [3.05, 3.63) is 46.5 Å². The Balaban J connectivity index is 2.11. The maximum Gasteiger partial charge on any atom is 0.335 e. The third-order valence-corrected chi connectivity index (χ3v) is 3.00. The van der Waals surface area contributed by atoms with Crippen molar-refractivity contribution < 1.29 is 9.90 Å². The standard InChI is InChI=1S/C14H17NO2/c1-10(2)5-6-15-8-12-4-3-11(14(16)17)7-13(12)9-15/h3-5,7H,6,8-9H2,1-2H3,(H,16,17). The predicted octanol–water partition coefficient (Wildman–Crippen LogP) is 2.67. The van der Waals surface area contributed by atoms with Gasteiger partial charge in [-0.2, -0.15) is 0 Å². The van der Waals surface area contributed by atoms with E-state index in [9.17, 15) is 4.79 Å². The van der Waals surface area contributed by atoms with Crippen LogP contribution in [0.1, 0.15) is 35.3 Å². The molecule has 0 aliphatic carbocycles. The molecule has 17 heavy (non-hydrogen) atoms. The molecule has 0 aromatic heterocycles. The van der Waals surface area contributed by atoms with E-state index < -0.39 is 5.97 Å². The van der Waals surface area contributed by atoms with Crippen LogP contribution in [0.3, 0.4) is 0 Å². The Kier molecular flexibility index (Phi) is 3.29. The zero-order chi connectivity index (χ0) is 12.4. The number of nitrogens with zero attached hydrogens (tertiary/aromatic N) is 1. The van der Waals surface area contributed by atoms with E-state index in [1.807, 2.05) is 6.07 Å². The molecule has 1 N–H and O–H groups in total. The molecular formula is C14H17NO2. The van der Waals surface area contributed by atoms with Crippen molar-refractivity contribution in [1.29, 1.82) is 0 Å². The molecule has 0 saturated heterocycles. The van der Waals surface area contributed by atoms with Gasteiger partial charge >= 0.3 is 5.97 Å². The molecule has 0 atom stereocenters. The summed E-state index contributed by atoms with van der Waals surface area (Å²) in [6, 6.07) is 5.41. The first-order valence-corrected chi connectivity index (χ1v) is 5.77. The van der Waals surface area contributed by atoms with Gasteiger partial charge in [-0.3, -0.25) is 4.90 Å². The summed E-state index contributed by atoms with van der Waals surface area (Å²) in [7, 11) is 0. The van der Waals surface area contributed by atoms with Gasteiger partial charge in [0.2, 0.25) is 0 Å². The number of carboxylic acid groups (broad SMARTS) is 1. The molecule has 0 saturated carbocycles. The molecule has 1 aromatic carbocycles. The van der Waals surface area contributed by atoms with Crippen LogP contribution >= 0.6 is 0 Å². The van der Waals surface area contributed by atoms with Crippen LogP contribution in [0.2, 0.25) is 0 Å². The second-order valence-electron chi connectivity index (χ2n) is 4.74. The molecular weight excluding hydrogens is 214 g/mol. The number of fused-ring (bicyclic) bond motifs is 1. The summed E-state index contributed by atoms with van der Waals surface area (Å²) in [6.07, 6.45) is 2.20. The van der Waals surface area contributed by atoms with Gasteiger partial charge < -0.3 is 5.11 Å². The van der Waals surface area contributed by atoms with E-state index in [-0.39, 0.29) is 0 Å². The number of aromatic carboxylic acids is 1. The van der Waals surface area contributed by atoms with E-state index in [2.05, 4.69) is 24.8 Å². The topological polar surface area (TPSA) is 40.5 Å². The van der Waals surface area contributed by atoms with Crippen molar-refractivity contribution in [2.45, 2.75) is 26.9 Å². The summed E-state index contributed by atoms with van der Waals surface area (Å²) in [6.45, 7) is 6.87. The Bertz CT molecular complexity index is 473. The summed E-state index contributed by atoms with van der Waals surface area (Å²) < 4.78 is 0. The number of rotatable bonds is 3. The van der Waals surface area contributed by atoms with Crippen molar-refractivity contribution >= 4 is 5.97 Å². The van der Waals surface area contributed by atoms with E-state index in [0.29, 0.717) is 5.56 Å². The van der Waals surface area contributed by atoms with Crippen LogP contribution in [0.4, 0.5) is 0 Å². The van der Waals surface area contributed by atoms with Crippen molar-refractivity contribution in [2.24, 2.45) is 0 Å². The van der Waals surface area contributed by atoms with Gasteiger partial charge in [0.05, 0.1) is 5.56 Å². The summed E-state index contributed by atoms with van der Waals surface area (Å²) in [5, 5.41) is 8.94. The van der Waals surface area contributed by atoms with Gasteiger partial charge in [0.1, 0.15) is 0 Å². The van der Waals surface area contributed by atoms with E-state index in [0.717, 1.165) is 25.2 Å². The minimum atomic E-state index is -0.851. The largest absolute Gasteiger partial charge is 0.478 e. The van der Waals surface area contributed by atoms with E-state index in [4.69, 9.17) is 5.11 Å². The zero-order valence-electron chi connectivity index (χ0n) is 10.2. The van der Waals surface area contributed by atoms with Crippen LogP contribution in [0.15, 0.2) is 29.8 Å². The number of allylic oxidation sites excluding steroid dienone is 1. The number of hydrogen-bond donors (Lipinski definition) is 1. The fraction of sp³-hybridized carbons (Fsp3) is 0.357. The van der Waals surface area contributed by atoms with Gasteiger partial charge in [0.25, 0.3) is 0 Å². The van der Waals surface area contributed by atoms with Crippen LogP contribution in [0.5, 0.6) is 0 Å². The third-order valence-electron chi connectivity index (χ3n) is 3.00. The van der Waals surface area contributed by atoms with Crippen LogP contribution in [-0.4, -0.2) is 22.5 Å². The number of carboxylic acids is 1. The Morgan fingerprint density at radius 3 is 2.71 bits per heavy atom. The third kappa shape index (κ3) is 2.74. The summed E-state index contributed by atoms with van der Waals surface area (Å²) in [5.74, 6) is -0.851. The molecule has 1 aliphatic heterocycles. The first-order chi connectivity index (χ1) is 8.06. The Morgan fingerprint density at radius 1 is 1.35 bits per heavy atom. The molecule has 90 valence electrons. The smallest absolute Gasteiger partial charge is 0.335 e. The van der Waals surface area contributed by atoms with Crippen LogP contribution in [0, 0.1) is 0 Å². The van der Waals surface area contributed by atoms with Crippen LogP contribution in [-0.2, 0) is 13.1 Å². The van der Waals surface area contributed by atoms with Gasteiger partial charge in [-0.15, -0.1) is 0 Å². The molecule has 0 unspecified atom stereocenters. The molecule has 3 heteroatoms. The summed E-state index contributed by atoms with van der Waals surface area (Å²) >= 11 is 0. The minimum absolute atomic E-state index is 0.382. The molecule has 0 bridgehead atoms. The molecule has 1 aliphatic rings. The van der Waals surface area contributed by atoms with Crippen molar-refractivity contribution in [1.82, 2.24) is 4.90 Å². The van der Waals surface area contributed by atoms with Crippen molar-refractivity contribution in [3.63, 3.8) is 0 Å². The first kappa shape index (κ1) is 11.9. The lowest BCUT2D eigenvalue weighted by molar-refractivity contribution is 0.0697. The molecule has 1 aromatic rings. The maximum absolute atomic E-state index is 10.9. The highest BCUT2D eigenvalue weighted by Crippen LogP contribution is 2.23. The molecule has 0 fully saturated rings. The number of hydrogen-bond acceptors (Lipinski definition) is 2. The molecule has 3 nitrogen and oxygen atoms in total. The molecule has 0 spiro atoms. The van der Waals surface area contributed by atoms with Gasteiger partial charge in [-0.1, -0.05) is 17.7 Å². The highest BCUT2D eigenvalue weighted by molar-refractivity contribution is 5.87. The van der Waals surface area contributed by atoms with E-state index >= 15 is 0 Å². The fourth-order valence-electron chi connectivity index (χ4n) is 2.04. The Hall–Kier alpha value is -1.61. The van der Waals surface area contributed by atoms with E-state index in [1.165, 1.54) is 11.1 Å². The fourth-order valence-corrected chi connectivity index (χ4v) is 2.04. The van der Waals surface area contributed by atoms with Gasteiger partial charge in [0, 0.05) is 19.6 Å². The van der Waals surface area contributed by atoms with Crippen molar-refractivity contribution in [3.8, 4) is 0 Å². The first-order valence-electron chi connectivity index (χ1n) is 5.77. The normalized spacial score (nSPS) is 14.5. The van der Waals surface area contributed by atoms with E-state index in [1.54, 1.807) is 12.1 Å². The summed E-state index contributed by atoms with van der Waals surface area (Å²) in [5.41, 5.74) is 4.09. The monoisotopic (exact) mass is 231 g/mol. The number of benzene rings is 1. The highest BCUT2D eigenvalue weighted by Gasteiger charge is 2.19. The maximum atomic E-state index is 10.9. The van der Waals surface area contributed by atoms with Crippen LogP contribution in [0.25, 0.3) is 0 Å². The zero-order valence-corrected chi connectivity index (χ0v) is 10.2. The molecule has 0 radical (unpaired) electrons.